The first-order valence-electron chi connectivity index (χ1n) is 7.89. The number of Topliss-reactive ketones (excluding diaryl/α,β-unsaturated/α-hetero) is 2. The summed E-state index contributed by atoms with van der Waals surface area (Å²) < 4.78 is 9.96. The van der Waals surface area contributed by atoms with Crippen LogP contribution in [0.3, 0.4) is 0 Å². The topological polar surface area (TPSA) is 86.7 Å². The number of ketones is 2. The van der Waals surface area contributed by atoms with E-state index in [1.165, 1.54) is 13.8 Å². The van der Waals surface area contributed by atoms with Crippen LogP contribution in [0.1, 0.15) is 52.4 Å². The first kappa shape index (κ1) is 23.2. The van der Waals surface area contributed by atoms with Crippen molar-refractivity contribution in [3.05, 3.63) is 0 Å². The Morgan fingerprint density at radius 2 is 0.958 bits per heavy atom. The number of esters is 2. The average Bonchev–Trinajstić information content (AvgIpc) is 2.54. The second-order valence-corrected chi connectivity index (χ2v) is 7.23. The zero-order valence-electron chi connectivity index (χ0n) is 14.0. The molecule has 0 aliphatic rings. The van der Waals surface area contributed by atoms with Crippen LogP contribution in [-0.4, -0.2) is 46.4 Å². The molecule has 0 bridgehead atoms. The maximum atomic E-state index is 11.4. The molecular formula is C16H24Br2O6. The Morgan fingerprint density at radius 3 is 1.25 bits per heavy atom. The summed E-state index contributed by atoms with van der Waals surface area (Å²) in [6.07, 6.45) is 5.33. The lowest BCUT2D eigenvalue weighted by molar-refractivity contribution is -0.146. The molecule has 0 fully saturated rings. The minimum absolute atomic E-state index is 0.268. The Morgan fingerprint density at radius 1 is 0.667 bits per heavy atom. The van der Waals surface area contributed by atoms with Crippen LogP contribution in [0.2, 0.25) is 0 Å². The van der Waals surface area contributed by atoms with Crippen molar-refractivity contribution < 1.29 is 28.7 Å². The molecule has 0 heterocycles. The van der Waals surface area contributed by atoms with E-state index in [4.69, 9.17) is 9.47 Å². The molecule has 6 nitrogen and oxygen atoms in total. The zero-order valence-corrected chi connectivity index (χ0v) is 17.2. The predicted octanol–water partition coefficient (Wildman–Crippen LogP) is 3.12. The number of unbranched alkanes of at least 4 members (excludes halogenated alkanes) is 5. The highest BCUT2D eigenvalue weighted by molar-refractivity contribution is 9.10. The van der Waals surface area contributed by atoms with Crippen molar-refractivity contribution in [1.29, 1.82) is 0 Å². The third kappa shape index (κ3) is 10.9. The Balaban J connectivity index is 3.46. The normalized spacial score (nSPS) is 13.0. The van der Waals surface area contributed by atoms with Crippen molar-refractivity contribution in [2.45, 2.75) is 62.0 Å². The van der Waals surface area contributed by atoms with Gasteiger partial charge in [0.25, 0.3) is 0 Å². The second kappa shape index (κ2) is 13.5. The van der Waals surface area contributed by atoms with Crippen molar-refractivity contribution in [1.82, 2.24) is 0 Å². The summed E-state index contributed by atoms with van der Waals surface area (Å²) in [7, 11) is 0. The van der Waals surface area contributed by atoms with E-state index in [9.17, 15) is 19.2 Å². The number of halogens is 2. The smallest absolute Gasteiger partial charge is 0.327 e. The second-order valence-electron chi connectivity index (χ2n) is 5.40. The van der Waals surface area contributed by atoms with Crippen LogP contribution in [0.4, 0.5) is 0 Å². The molecule has 0 aromatic heterocycles. The Hall–Kier alpha value is -0.760. The fourth-order valence-corrected chi connectivity index (χ4v) is 2.00. The maximum Gasteiger partial charge on any atom is 0.327 e. The number of hydrogen-bond donors (Lipinski definition) is 0. The lowest BCUT2D eigenvalue weighted by Gasteiger charge is -2.08. The lowest BCUT2D eigenvalue weighted by Crippen LogP contribution is -2.24. The molecule has 0 N–H and O–H groups in total. The molecule has 0 aliphatic carbocycles. The highest BCUT2D eigenvalue weighted by atomic mass is 79.9. The van der Waals surface area contributed by atoms with Gasteiger partial charge in [0.1, 0.15) is 0 Å². The Labute approximate surface area is 159 Å². The number of rotatable bonds is 13. The molecule has 0 aliphatic heterocycles. The van der Waals surface area contributed by atoms with Crippen LogP contribution < -0.4 is 0 Å². The van der Waals surface area contributed by atoms with Crippen LogP contribution in [-0.2, 0) is 28.7 Å². The van der Waals surface area contributed by atoms with Crippen molar-refractivity contribution in [3.63, 3.8) is 0 Å². The third-order valence-corrected chi connectivity index (χ3v) is 5.19. The van der Waals surface area contributed by atoms with Crippen LogP contribution in [0, 0.1) is 0 Å². The van der Waals surface area contributed by atoms with E-state index in [1.54, 1.807) is 0 Å². The van der Waals surface area contributed by atoms with Gasteiger partial charge >= 0.3 is 11.9 Å². The minimum atomic E-state index is -0.873. The fourth-order valence-electron chi connectivity index (χ4n) is 1.74. The van der Waals surface area contributed by atoms with Crippen molar-refractivity contribution >= 4 is 55.4 Å². The maximum absolute atomic E-state index is 11.4. The van der Waals surface area contributed by atoms with Gasteiger partial charge in [0.05, 0.1) is 13.2 Å². The van der Waals surface area contributed by atoms with Crippen LogP contribution in [0.5, 0.6) is 0 Å². The fraction of sp³-hybridized carbons (Fsp3) is 0.750. The highest BCUT2D eigenvalue weighted by Crippen LogP contribution is 2.09. The van der Waals surface area contributed by atoms with Crippen LogP contribution in [0.15, 0.2) is 0 Å². The summed E-state index contributed by atoms with van der Waals surface area (Å²) in [5, 5.41) is 0. The van der Waals surface area contributed by atoms with E-state index in [-0.39, 0.29) is 11.6 Å². The molecule has 24 heavy (non-hydrogen) atoms. The molecule has 0 saturated heterocycles. The van der Waals surface area contributed by atoms with Crippen LogP contribution >= 0.6 is 31.9 Å². The molecule has 2 unspecified atom stereocenters. The molecule has 0 amide bonds. The van der Waals surface area contributed by atoms with Gasteiger partial charge in [-0.1, -0.05) is 57.5 Å². The summed E-state index contributed by atoms with van der Waals surface area (Å²) in [5.41, 5.74) is 0. The molecule has 0 saturated carbocycles. The number of ether oxygens (including phenoxy) is 2. The van der Waals surface area contributed by atoms with E-state index in [0.29, 0.717) is 13.2 Å². The van der Waals surface area contributed by atoms with Crippen LogP contribution in [0.25, 0.3) is 0 Å². The van der Waals surface area contributed by atoms with E-state index < -0.39 is 21.6 Å². The number of hydrogen-bond acceptors (Lipinski definition) is 6. The average molecular weight is 472 g/mol. The quantitative estimate of drug-likeness (QED) is 0.177. The molecule has 8 heteroatoms. The number of carbonyl (C=O) groups excluding carboxylic acids is 4. The van der Waals surface area contributed by atoms with E-state index >= 15 is 0 Å². The van der Waals surface area contributed by atoms with Gasteiger partial charge in [0.15, 0.2) is 21.2 Å². The molecular weight excluding hydrogens is 448 g/mol. The summed E-state index contributed by atoms with van der Waals surface area (Å²) in [6, 6.07) is 0. The molecule has 0 radical (unpaired) electrons. The van der Waals surface area contributed by atoms with E-state index in [1.807, 2.05) is 0 Å². The SMILES string of the molecule is CC(=O)C(Br)C(=O)OCCCCCCCCOC(=O)C(Br)C(C)=O. The standard InChI is InChI=1S/C16H24Br2O6/c1-11(19)13(17)15(21)23-9-7-5-3-4-6-8-10-24-16(22)14(18)12(2)20/h13-14H,3-10H2,1-2H3. The first-order valence-corrected chi connectivity index (χ1v) is 9.72. The first-order chi connectivity index (χ1) is 11.3. The number of carbonyl (C=O) groups is 4. The van der Waals surface area contributed by atoms with Gasteiger partial charge in [-0.15, -0.1) is 0 Å². The van der Waals surface area contributed by atoms with E-state index in [2.05, 4.69) is 31.9 Å². The highest BCUT2D eigenvalue weighted by Gasteiger charge is 2.21. The van der Waals surface area contributed by atoms with Gasteiger partial charge in [-0.3, -0.25) is 19.2 Å². The monoisotopic (exact) mass is 470 g/mol. The summed E-state index contributed by atoms with van der Waals surface area (Å²) in [5.74, 6) is -1.62. The number of alkyl halides is 2. The minimum Gasteiger partial charge on any atom is -0.465 e. The Bertz CT molecular complexity index is 398. The van der Waals surface area contributed by atoms with Gasteiger partial charge in [0, 0.05) is 0 Å². The molecule has 138 valence electrons. The molecule has 0 aromatic rings. The van der Waals surface area contributed by atoms with Gasteiger partial charge in [0.2, 0.25) is 0 Å². The summed E-state index contributed by atoms with van der Waals surface area (Å²) >= 11 is 5.94. The largest absolute Gasteiger partial charge is 0.465 e. The molecule has 2 atom stereocenters. The molecule has 0 rings (SSSR count). The van der Waals surface area contributed by atoms with E-state index in [0.717, 1.165) is 38.5 Å². The third-order valence-electron chi connectivity index (χ3n) is 3.16. The van der Waals surface area contributed by atoms with Gasteiger partial charge < -0.3 is 9.47 Å². The summed E-state index contributed by atoms with van der Waals surface area (Å²) in [4.78, 5) is 42.9. The summed E-state index contributed by atoms with van der Waals surface area (Å²) in [6.45, 7) is 3.28. The zero-order chi connectivity index (χ0) is 18.5. The lowest BCUT2D eigenvalue weighted by atomic mass is 10.1. The van der Waals surface area contributed by atoms with Gasteiger partial charge in [-0.05, 0) is 26.7 Å². The molecule has 0 aromatic carbocycles. The van der Waals surface area contributed by atoms with Crippen molar-refractivity contribution in [2.24, 2.45) is 0 Å². The molecule has 0 spiro atoms. The van der Waals surface area contributed by atoms with Crippen molar-refractivity contribution in [2.75, 3.05) is 13.2 Å². The Kier molecular flexibility index (Phi) is 13.1. The van der Waals surface area contributed by atoms with Crippen molar-refractivity contribution in [3.8, 4) is 0 Å². The van der Waals surface area contributed by atoms with Gasteiger partial charge in [-0.25, -0.2) is 0 Å². The predicted molar refractivity (Wildman–Crippen MR) is 96.4 cm³/mol. The van der Waals surface area contributed by atoms with Gasteiger partial charge in [-0.2, -0.15) is 0 Å².